The van der Waals surface area contributed by atoms with Gasteiger partial charge in [0.25, 0.3) is 0 Å². The lowest BCUT2D eigenvalue weighted by atomic mass is 10.2. The highest BCUT2D eigenvalue weighted by atomic mass is 16.6. The fourth-order valence-corrected chi connectivity index (χ4v) is 0.988. The van der Waals surface area contributed by atoms with Gasteiger partial charge in [-0.3, -0.25) is 0 Å². The van der Waals surface area contributed by atoms with Crippen molar-refractivity contribution in [3.8, 4) is 0 Å². The first kappa shape index (κ1) is 11.0. The Kier molecular flexibility index (Phi) is 3.89. The maximum Gasteiger partial charge on any atom is 0.333 e. The van der Waals surface area contributed by atoms with Gasteiger partial charge < -0.3 is 9.47 Å². The van der Waals surface area contributed by atoms with Crippen LogP contribution in [-0.4, -0.2) is 25.3 Å². The number of esters is 1. The van der Waals surface area contributed by atoms with Crippen LogP contribution < -0.4 is 0 Å². The first-order valence-corrected chi connectivity index (χ1v) is 4.79. The second-order valence-corrected chi connectivity index (χ2v) is 3.30. The zero-order valence-corrected chi connectivity index (χ0v) is 8.87. The lowest BCUT2D eigenvalue weighted by Gasteiger charge is -1.99. The number of carbonyl (C=O) groups is 1. The molecule has 0 aromatic heterocycles. The van der Waals surface area contributed by atoms with Crippen molar-refractivity contribution in [3.63, 3.8) is 0 Å². The smallest absolute Gasteiger partial charge is 0.333 e. The zero-order chi connectivity index (χ0) is 10.6. The molecule has 1 heterocycles. The number of carbonyl (C=O) groups excluding carboxylic acids is 1. The second-order valence-electron chi connectivity index (χ2n) is 3.30. The van der Waals surface area contributed by atoms with Gasteiger partial charge >= 0.3 is 5.97 Å². The summed E-state index contributed by atoms with van der Waals surface area (Å²) in [4.78, 5) is 11.2. The summed E-state index contributed by atoms with van der Waals surface area (Å²) in [6.45, 7) is 6.75. The van der Waals surface area contributed by atoms with Gasteiger partial charge in [0, 0.05) is 5.57 Å². The molecule has 0 N–H and O–H groups in total. The van der Waals surface area contributed by atoms with E-state index in [1.807, 2.05) is 13.0 Å². The van der Waals surface area contributed by atoms with Crippen LogP contribution in [0.25, 0.3) is 0 Å². The number of hydrogen-bond acceptors (Lipinski definition) is 3. The van der Waals surface area contributed by atoms with E-state index in [0.717, 1.165) is 12.2 Å². The van der Waals surface area contributed by atoms with Crippen molar-refractivity contribution in [2.45, 2.75) is 26.9 Å². The Hall–Kier alpha value is -1.09. The number of ether oxygens (including phenoxy) is 2. The molecule has 3 heteroatoms. The molecule has 0 spiro atoms. The van der Waals surface area contributed by atoms with Crippen LogP contribution in [-0.2, 0) is 14.3 Å². The zero-order valence-electron chi connectivity index (χ0n) is 8.87. The van der Waals surface area contributed by atoms with Crippen LogP contribution in [0.4, 0.5) is 0 Å². The van der Waals surface area contributed by atoms with Gasteiger partial charge in [-0.05, 0) is 26.3 Å². The van der Waals surface area contributed by atoms with Crippen molar-refractivity contribution >= 4 is 5.97 Å². The SMILES string of the molecule is CCOC(=O)/C(C)=C/C=C(/C)[C@H]1CO1. The maximum absolute atomic E-state index is 11.2. The average Bonchev–Trinajstić information content (AvgIpc) is 2.97. The summed E-state index contributed by atoms with van der Waals surface area (Å²) >= 11 is 0. The van der Waals surface area contributed by atoms with Crippen molar-refractivity contribution < 1.29 is 14.3 Å². The molecule has 1 rings (SSSR count). The van der Waals surface area contributed by atoms with Gasteiger partial charge in [-0.15, -0.1) is 0 Å². The van der Waals surface area contributed by atoms with Crippen LogP contribution in [0.1, 0.15) is 20.8 Å². The molecule has 14 heavy (non-hydrogen) atoms. The molecule has 0 aromatic carbocycles. The summed E-state index contributed by atoms with van der Waals surface area (Å²) < 4.78 is 9.94. The molecule has 1 aliphatic heterocycles. The molecule has 1 atom stereocenters. The minimum atomic E-state index is -0.256. The first-order chi connectivity index (χ1) is 6.65. The fourth-order valence-electron chi connectivity index (χ4n) is 0.988. The van der Waals surface area contributed by atoms with Crippen LogP contribution in [0.3, 0.4) is 0 Å². The third-order valence-corrected chi connectivity index (χ3v) is 2.03. The van der Waals surface area contributed by atoms with E-state index in [2.05, 4.69) is 0 Å². The monoisotopic (exact) mass is 196 g/mol. The topological polar surface area (TPSA) is 38.8 Å². The summed E-state index contributed by atoms with van der Waals surface area (Å²) in [6, 6.07) is 0. The molecule has 0 aliphatic carbocycles. The van der Waals surface area contributed by atoms with Gasteiger partial charge in [0.1, 0.15) is 6.10 Å². The van der Waals surface area contributed by atoms with Crippen LogP contribution in [0.5, 0.6) is 0 Å². The van der Waals surface area contributed by atoms with Crippen LogP contribution >= 0.6 is 0 Å². The van der Waals surface area contributed by atoms with E-state index >= 15 is 0 Å². The van der Waals surface area contributed by atoms with E-state index in [9.17, 15) is 4.79 Å². The van der Waals surface area contributed by atoms with E-state index in [0.29, 0.717) is 12.2 Å². The first-order valence-electron chi connectivity index (χ1n) is 4.79. The van der Waals surface area contributed by atoms with Gasteiger partial charge in [-0.2, -0.15) is 0 Å². The van der Waals surface area contributed by atoms with Gasteiger partial charge in [0.15, 0.2) is 0 Å². The molecular formula is C11H16O3. The van der Waals surface area contributed by atoms with Crippen molar-refractivity contribution in [1.82, 2.24) is 0 Å². The predicted molar refractivity (Wildman–Crippen MR) is 53.9 cm³/mol. The molecule has 0 unspecified atom stereocenters. The molecule has 1 aliphatic rings. The summed E-state index contributed by atoms with van der Waals surface area (Å²) in [5.74, 6) is -0.256. The molecule has 0 amide bonds. The molecule has 0 radical (unpaired) electrons. The van der Waals surface area contributed by atoms with Crippen molar-refractivity contribution in [3.05, 3.63) is 23.3 Å². The lowest BCUT2D eigenvalue weighted by Crippen LogP contribution is -2.04. The highest BCUT2D eigenvalue weighted by Crippen LogP contribution is 2.18. The van der Waals surface area contributed by atoms with E-state index in [1.54, 1.807) is 19.9 Å². The summed E-state index contributed by atoms with van der Waals surface area (Å²) in [7, 11) is 0. The van der Waals surface area contributed by atoms with Crippen LogP contribution in [0.15, 0.2) is 23.3 Å². The predicted octanol–water partition coefficient (Wildman–Crippen LogP) is 1.84. The number of allylic oxidation sites excluding steroid dienone is 2. The number of hydrogen-bond donors (Lipinski definition) is 0. The van der Waals surface area contributed by atoms with Crippen LogP contribution in [0, 0.1) is 0 Å². The van der Waals surface area contributed by atoms with Crippen molar-refractivity contribution in [1.29, 1.82) is 0 Å². The van der Waals surface area contributed by atoms with Gasteiger partial charge in [0.05, 0.1) is 13.2 Å². The lowest BCUT2D eigenvalue weighted by molar-refractivity contribution is -0.138. The summed E-state index contributed by atoms with van der Waals surface area (Å²) in [6.07, 6.45) is 3.94. The Morgan fingerprint density at radius 2 is 2.14 bits per heavy atom. The van der Waals surface area contributed by atoms with E-state index in [-0.39, 0.29) is 12.1 Å². The van der Waals surface area contributed by atoms with Gasteiger partial charge in [-0.1, -0.05) is 12.2 Å². The number of epoxide rings is 1. The van der Waals surface area contributed by atoms with Gasteiger partial charge in [0.2, 0.25) is 0 Å². The third-order valence-electron chi connectivity index (χ3n) is 2.03. The molecule has 0 saturated carbocycles. The summed E-state index contributed by atoms with van der Waals surface area (Å²) in [5.41, 5.74) is 1.76. The Labute approximate surface area is 84.4 Å². The number of rotatable bonds is 4. The molecule has 0 bridgehead atoms. The van der Waals surface area contributed by atoms with E-state index in [1.165, 1.54) is 0 Å². The second kappa shape index (κ2) is 4.96. The van der Waals surface area contributed by atoms with E-state index in [4.69, 9.17) is 9.47 Å². The van der Waals surface area contributed by atoms with Crippen molar-refractivity contribution in [2.75, 3.05) is 13.2 Å². The molecule has 78 valence electrons. The molecule has 3 nitrogen and oxygen atoms in total. The minimum Gasteiger partial charge on any atom is -0.463 e. The molecule has 1 fully saturated rings. The van der Waals surface area contributed by atoms with Gasteiger partial charge in [-0.25, -0.2) is 4.79 Å². The Morgan fingerprint density at radius 3 is 2.64 bits per heavy atom. The highest BCUT2D eigenvalue weighted by Gasteiger charge is 2.23. The molecule has 1 saturated heterocycles. The third kappa shape index (κ3) is 3.34. The molecular weight excluding hydrogens is 180 g/mol. The largest absolute Gasteiger partial charge is 0.463 e. The van der Waals surface area contributed by atoms with Crippen LogP contribution in [0.2, 0.25) is 0 Å². The Morgan fingerprint density at radius 1 is 1.50 bits per heavy atom. The average molecular weight is 196 g/mol. The maximum atomic E-state index is 11.2. The normalized spacial score (nSPS) is 22.1. The fraction of sp³-hybridized carbons (Fsp3) is 0.545. The summed E-state index contributed by atoms with van der Waals surface area (Å²) in [5, 5.41) is 0. The quantitative estimate of drug-likeness (QED) is 0.298. The Bertz CT molecular complexity index is 272. The minimum absolute atomic E-state index is 0.256. The standard InChI is InChI=1S/C11H16O3/c1-4-13-11(12)9(3)6-5-8(2)10-7-14-10/h5-6,10H,4,7H2,1-3H3/b8-5-,9-6+/t10-/m1/s1. The highest BCUT2D eigenvalue weighted by molar-refractivity contribution is 5.88. The van der Waals surface area contributed by atoms with Crippen molar-refractivity contribution in [2.24, 2.45) is 0 Å². The molecule has 0 aromatic rings. The van der Waals surface area contributed by atoms with E-state index < -0.39 is 0 Å². The Balaban J connectivity index is 2.49.